The van der Waals surface area contributed by atoms with Gasteiger partial charge in [0.1, 0.15) is 5.75 Å². The molecule has 0 aromatic carbocycles. The van der Waals surface area contributed by atoms with Crippen molar-refractivity contribution in [1.29, 1.82) is 0 Å². The van der Waals surface area contributed by atoms with E-state index in [9.17, 15) is 9.90 Å². The van der Waals surface area contributed by atoms with Crippen molar-refractivity contribution in [2.75, 3.05) is 13.2 Å². The maximum Gasteiger partial charge on any atom is 0.220 e. The summed E-state index contributed by atoms with van der Waals surface area (Å²) >= 11 is 0. The van der Waals surface area contributed by atoms with Crippen molar-refractivity contribution in [3.63, 3.8) is 0 Å². The number of hydrogen-bond donors (Lipinski definition) is 2. The first kappa shape index (κ1) is 14.8. The lowest BCUT2D eigenvalue weighted by Crippen LogP contribution is -2.49. The molecule has 0 atom stereocenters. The van der Waals surface area contributed by atoms with Crippen molar-refractivity contribution >= 4 is 5.91 Å². The Morgan fingerprint density at radius 3 is 2.90 bits per heavy atom. The molecule has 0 aliphatic heterocycles. The first-order chi connectivity index (χ1) is 9.74. The molecule has 1 aromatic heterocycles. The number of ether oxygens (including phenoxy) is 1. The van der Waals surface area contributed by atoms with Gasteiger partial charge in [-0.3, -0.25) is 9.78 Å². The number of amides is 1. The predicted octanol–water partition coefficient (Wildman–Crippen LogP) is 1.66. The minimum atomic E-state index is -0.374. The maximum absolute atomic E-state index is 11.9. The summed E-state index contributed by atoms with van der Waals surface area (Å²) in [6.07, 6.45) is 8.32. The standard InChI is InChI=1S/C15H22N2O3/c18-12-15(7-1-2-8-15)17-14(19)6-4-10-20-13-5-3-9-16-11-13/h3,5,9,11,18H,1-2,4,6-8,10,12H2,(H,17,19). The number of carbonyl (C=O) groups excluding carboxylic acids is 1. The number of aliphatic hydroxyl groups excluding tert-OH is 1. The van der Waals surface area contributed by atoms with E-state index in [0.717, 1.165) is 31.4 Å². The monoisotopic (exact) mass is 278 g/mol. The van der Waals surface area contributed by atoms with Crippen molar-refractivity contribution in [2.24, 2.45) is 0 Å². The van der Waals surface area contributed by atoms with E-state index in [-0.39, 0.29) is 18.1 Å². The van der Waals surface area contributed by atoms with Gasteiger partial charge in [0, 0.05) is 12.6 Å². The summed E-state index contributed by atoms with van der Waals surface area (Å²) in [4.78, 5) is 15.8. The number of rotatable bonds is 7. The Hall–Kier alpha value is -1.62. The fourth-order valence-corrected chi connectivity index (χ4v) is 2.59. The lowest BCUT2D eigenvalue weighted by atomic mass is 9.98. The smallest absolute Gasteiger partial charge is 0.220 e. The van der Waals surface area contributed by atoms with E-state index < -0.39 is 0 Å². The Morgan fingerprint density at radius 1 is 1.45 bits per heavy atom. The maximum atomic E-state index is 11.9. The van der Waals surface area contributed by atoms with Gasteiger partial charge in [-0.25, -0.2) is 0 Å². The van der Waals surface area contributed by atoms with Gasteiger partial charge in [0.25, 0.3) is 0 Å². The molecule has 0 spiro atoms. The molecule has 1 saturated carbocycles. The van der Waals surface area contributed by atoms with Gasteiger partial charge in [-0.15, -0.1) is 0 Å². The number of nitrogens with one attached hydrogen (secondary N) is 1. The number of nitrogens with zero attached hydrogens (tertiary/aromatic N) is 1. The molecule has 0 radical (unpaired) electrons. The summed E-state index contributed by atoms with van der Waals surface area (Å²) in [5.74, 6) is 0.714. The zero-order valence-corrected chi connectivity index (χ0v) is 11.7. The van der Waals surface area contributed by atoms with Crippen LogP contribution in [0.15, 0.2) is 24.5 Å². The van der Waals surface area contributed by atoms with E-state index in [1.54, 1.807) is 12.4 Å². The van der Waals surface area contributed by atoms with Gasteiger partial charge in [0.05, 0.1) is 24.9 Å². The number of pyridine rings is 1. The third-order valence-electron chi connectivity index (χ3n) is 3.72. The summed E-state index contributed by atoms with van der Waals surface area (Å²) < 4.78 is 5.49. The number of aliphatic hydroxyl groups is 1. The fraction of sp³-hybridized carbons (Fsp3) is 0.600. The molecule has 1 heterocycles. The molecule has 5 nitrogen and oxygen atoms in total. The molecule has 1 fully saturated rings. The molecule has 1 aromatic rings. The molecule has 0 unspecified atom stereocenters. The van der Waals surface area contributed by atoms with Gasteiger partial charge in [-0.2, -0.15) is 0 Å². The highest BCUT2D eigenvalue weighted by Crippen LogP contribution is 2.29. The first-order valence-electron chi connectivity index (χ1n) is 7.19. The summed E-state index contributed by atoms with van der Waals surface area (Å²) in [7, 11) is 0. The van der Waals surface area contributed by atoms with Crippen molar-refractivity contribution in [3.8, 4) is 5.75 Å². The number of carbonyl (C=O) groups is 1. The summed E-state index contributed by atoms with van der Waals surface area (Å²) in [6.45, 7) is 0.524. The normalized spacial score (nSPS) is 16.9. The molecule has 1 aliphatic rings. The van der Waals surface area contributed by atoms with Crippen LogP contribution < -0.4 is 10.1 Å². The Morgan fingerprint density at radius 2 is 2.25 bits per heavy atom. The zero-order chi connectivity index (χ0) is 14.3. The van der Waals surface area contributed by atoms with Crippen LogP contribution in [-0.2, 0) is 4.79 Å². The van der Waals surface area contributed by atoms with Crippen LogP contribution in [0.5, 0.6) is 5.75 Å². The largest absolute Gasteiger partial charge is 0.492 e. The summed E-state index contributed by atoms with van der Waals surface area (Å²) in [6, 6.07) is 3.65. The van der Waals surface area contributed by atoms with Crippen LogP contribution >= 0.6 is 0 Å². The van der Waals surface area contributed by atoms with Crippen LogP contribution in [0, 0.1) is 0 Å². The lowest BCUT2D eigenvalue weighted by Gasteiger charge is -2.28. The second kappa shape index (κ2) is 7.24. The number of hydrogen-bond acceptors (Lipinski definition) is 4. The van der Waals surface area contributed by atoms with Crippen molar-refractivity contribution in [1.82, 2.24) is 10.3 Å². The Labute approximate surface area is 119 Å². The predicted molar refractivity (Wildman–Crippen MR) is 75.4 cm³/mol. The van der Waals surface area contributed by atoms with E-state index in [2.05, 4.69) is 10.3 Å². The molecule has 110 valence electrons. The molecule has 5 heteroatoms. The van der Waals surface area contributed by atoms with Gasteiger partial charge in [0.15, 0.2) is 0 Å². The quantitative estimate of drug-likeness (QED) is 0.744. The average molecular weight is 278 g/mol. The lowest BCUT2D eigenvalue weighted by molar-refractivity contribution is -0.123. The molecular formula is C15H22N2O3. The van der Waals surface area contributed by atoms with Crippen LogP contribution in [0.25, 0.3) is 0 Å². The van der Waals surface area contributed by atoms with E-state index in [1.807, 2.05) is 12.1 Å². The second-order valence-corrected chi connectivity index (χ2v) is 5.33. The molecule has 20 heavy (non-hydrogen) atoms. The molecule has 0 saturated heterocycles. The van der Waals surface area contributed by atoms with E-state index >= 15 is 0 Å². The summed E-state index contributed by atoms with van der Waals surface area (Å²) in [5, 5.41) is 12.4. The average Bonchev–Trinajstić information content (AvgIpc) is 2.94. The minimum Gasteiger partial charge on any atom is -0.492 e. The van der Waals surface area contributed by atoms with E-state index in [0.29, 0.717) is 19.4 Å². The summed E-state index contributed by atoms with van der Waals surface area (Å²) in [5.41, 5.74) is -0.374. The van der Waals surface area contributed by atoms with Gasteiger partial charge < -0.3 is 15.2 Å². The van der Waals surface area contributed by atoms with E-state index in [1.165, 1.54) is 0 Å². The molecule has 0 bridgehead atoms. The van der Waals surface area contributed by atoms with Crippen LogP contribution in [0.2, 0.25) is 0 Å². The molecule has 1 amide bonds. The first-order valence-corrected chi connectivity index (χ1v) is 7.19. The van der Waals surface area contributed by atoms with Gasteiger partial charge in [-0.1, -0.05) is 12.8 Å². The zero-order valence-electron chi connectivity index (χ0n) is 11.7. The SMILES string of the molecule is O=C(CCCOc1cccnc1)NC1(CO)CCCC1. The van der Waals surface area contributed by atoms with Crippen molar-refractivity contribution in [3.05, 3.63) is 24.5 Å². The van der Waals surface area contributed by atoms with Crippen molar-refractivity contribution in [2.45, 2.75) is 44.1 Å². The van der Waals surface area contributed by atoms with Crippen LogP contribution in [0.1, 0.15) is 38.5 Å². The Kier molecular flexibility index (Phi) is 5.35. The Balaban J connectivity index is 1.65. The van der Waals surface area contributed by atoms with E-state index in [4.69, 9.17) is 4.74 Å². The highest BCUT2D eigenvalue weighted by atomic mass is 16.5. The molecular weight excluding hydrogens is 256 g/mol. The van der Waals surface area contributed by atoms with Crippen LogP contribution in [-0.4, -0.2) is 34.8 Å². The molecule has 2 N–H and O–H groups in total. The highest BCUT2D eigenvalue weighted by Gasteiger charge is 2.34. The minimum absolute atomic E-state index is 0.00395. The third-order valence-corrected chi connectivity index (χ3v) is 3.72. The number of aromatic nitrogens is 1. The third kappa shape index (κ3) is 4.20. The van der Waals surface area contributed by atoms with Gasteiger partial charge in [-0.05, 0) is 31.4 Å². The highest BCUT2D eigenvalue weighted by molar-refractivity contribution is 5.76. The van der Waals surface area contributed by atoms with Crippen LogP contribution in [0.3, 0.4) is 0 Å². The van der Waals surface area contributed by atoms with Gasteiger partial charge in [0.2, 0.25) is 5.91 Å². The van der Waals surface area contributed by atoms with Crippen molar-refractivity contribution < 1.29 is 14.6 Å². The van der Waals surface area contributed by atoms with Gasteiger partial charge >= 0.3 is 0 Å². The topological polar surface area (TPSA) is 71.5 Å². The fourth-order valence-electron chi connectivity index (χ4n) is 2.59. The second-order valence-electron chi connectivity index (χ2n) is 5.33. The molecule has 2 rings (SSSR count). The van der Waals surface area contributed by atoms with Crippen LogP contribution in [0.4, 0.5) is 0 Å². The molecule has 1 aliphatic carbocycles. The Bertz CT molecular complexity index is 416.